The smallest absolute Gasteiger partial charge is 0.333 e. The third-order valence-corrected chi connectivity index (χ3v) is 2.18. The molecule has 0 aromatic carbocycles. The average Bonchev–Trinajstić information content (AvgIpc) is 2.04. The van der Waals surface area contributed by atoms with E-state index in [-0.39, 0.29) is 11.6 Å². The summed E-state index contributed by atoms with van der Waals surface area (Å²) in [6.45, 7) is 11.2. The molecule has 0 aromatic rings. The van der Waals surface area contributed by atoms with Crippen molar-refractivity contribution >= 4 is 5.97 Å². The van der Waals surface area contributed by atoms with Gasteiger partial charge < -0.3 is 4.74 Å². The predicted molar refractivity (Wildman–Crippen MR) is 49.9 cm³/mol. The Balaban J connectivity index is 4.21. The molecule has 70 valence electrons. The highest BCUT2D eigenvalue weighted by atomic mass is 16.6. The molecule has 12 heavy (non-hydrogen) atoms. The van der Waals surface area contributed by atoms with Gasteiger partial charge in [0.25, 0.3) is 0 Å². The molecule has 2 heteroatoms. The van der Waals surface area contributed by atoms with Crippen LogP contribution >= 0.6 is 0 Å². The maximum absolute atomic E-state index is 11.2. The van der Waals surface area contributed by atoms with Gasteiger partial charge >= 0.3 is 5.97 Å². The fourth-order valence-corrected chi connectivity index (χ4v) is 0.705. The minimum atomic E-state index is -0.323. The molecule has 0 bridgehead atoms. The molecular weight excluding hydrogens is 152 g/mol. The van der Waals surface area contributed by atoms with Crippen molar-refractivity contribution in [2.45, 2.75) is 46.1 Å². The van der Waals surface area contributed by atoms with Gasteiger partial charge in [0.2, 0.25) is 0 Å². The van der Waals surface area contributed by atoms with E-state index in [1.807, 2.05) is 20.8 Å². The lowest BCUT2D eigenvalue weighted by Crippen LogP contribution is -2.30. The van der Waals surface area contributed by atoms with Crippen molar-refractivity contribution in [2.24, 2.45) is 0 Å². The number of ether oxygens (including phenoxy) is 1. The molecule has 0 aliphatic carbocycles. The second-order valence-corrected chi connectivity index (χ2v) is 3.33. The van der Waals surface area contributed by atoms with E-state index in [9.17, 15) is 4.79 Å². The SMILES string of the molecule is C=C(C)C(=O)OC(C)(CC)CC. The number of esters is 1. The van der Waals surface area contributed by atoms with Crippen molar-refractivity contribution in [3.63, 3.8) is 0 Å². The van der Waals surface area contributed by atoms with E-state index in [2.05, 4.69) is 6.58 Å². The van der Waals surface area contributed by atoms with Crippen LogP contribution in [0.2, 0.25) is 0 Å². The zero-order valence-corrected chi connectivity index (χ0v) is 8.44. The Morgan fingerprint density at radius 3 is 2.08 bits per heavy atom. The molecule has 0 unspecified atom stereocenters. The van der Waals surface area contributed by atoms with E-state index < -0.39 is 0 Å². The summed E-state index contributed by atoms with van der Waals surface area (Å²) in [4.78, 5) is 11.2. The highest BCUT2D eigenvalue weighted by Crippen LogP contribution is 2.20. The van der Waals surface area contributed by atoms with Gasteiger partial charge in [0.1, 0.15) is 5.60 Å². The highest BCUT2D eigenvalue weighted by Gasteiger charge is 2.24. The first-order chi connectivity index (χ1) is 5.45. The number of carbonyl (C=O) groups excluding carboxylic acids is 1. The molecule has 0 atom stereocenters. The van der Waals surface area contributed by atoms with Crippen molar-refractivity contribution in [1.82, 2.24) is 0 Å². The molecule has 0 saturated carbocycles. The van der Waals surface area contributed by atoms with Crippen LogP contribution in [0.5, 0.6) is 0 Å². The van der Waals surface area contributed by atoms with Crippen molar-refractivity contribution in [2.75, 3.05) is 0 Å². The van der Waals surface area contributed by atoms with Gasteiger partial charge in [-0.1, -0.05) is 20.4 Å². The lowest BCUT2D eigenvalue weighted by molar-refractivity contribution is -0.153. The summed E-state index contributed by atoms with van der Waals surface area (Å²) in [5.74, 6) is -0.291. The summed E-state index contributed by atoms with van der Waals surface area (Å²) in [6, 6.07) is 0. The Morgan fingerprint density at radius 1 is 1.42 bits per heavy atom. The van der Waals surface area contributed by atoms with Crippen LogP contribution in [0.3, 0.4) is 0 Å². The number of carbonyl (C=O) groups is 1. The third-order valence-electron chi connectivity index (χ3n) is 2.18. The summed E-state index contributed by atoms with van der Waals surface area (Å²) < 4.78 is 5.26. The maximum Gasteiger partial charge on any atom is 0.333 e. The summed E-state index contributed by atoms with van der Waals surface area (Å²) in [5, 5.41) is 0. The lowest BCUT2D eigenvalue weighted by atomic mass is 10.00. The van der Waals surface area contributed by atoms with Crippen molar-refractivity contribution in [1.29, 1.82) is 0 Å². The first-order valence-corrected chi connectivity index (χ1v) is 4.34. The Labute approximate surface area is 74.6 Å². The van der Waals surface area contributed by atoms with E-state index in [0.29, 0.717) is 5.57 Å². The van der Waals surface area contributed by atoms with Gasteiger partial charge in [-0.05, 0) is 26.7 Å². The molecule has 0 heterocycles. The Bertz CT molecular complexity index is 178. The Hall–Kier alpha value is -0.790. The molecule has 0 aromatic heterocycles. The topological polar surface area (TPSA) is 26.3 Å². The molecule has 0 rings (SSSR count). The Morgan fingerprint density at radius 2 is 1.83 bits per heavy atom. The molecule has 0 saturated heterocycles. The predicted octanol–water partition coefficient (Wildman–Crippen LogP) is 2.68. The monoisotopic (exact) mass is 170 g/mol. The molecule has 2 nitrogen and oxygen atoms in total. The average molecular weight is 170 g/mol. The highest BCUT2D eigenvalue weighted by molar-refractivity contribution is 5.87. The molecule has 0 spiro atoms. The fourth-order valence-electron chi connectivity index (χ4n) is 0.705. The van der Waals surface area contributed by atoms with Crippen molar-refractivity contribution in [3.05, 3.63) is 12.2 Å². The molecule has 0 fully saturated rings. The lowest BCUT2D eigenvalue weighted by Gasteiger charge is -2.26. The van der Waals surface area contributed by atoms with E-state index in [4.69, 9.17) is 4.74 Å². The van der Waals surface area contributed by atoms with Crippen LogP contribution in [-0.2, 0) is 9.53 Å². The number of hydrogen-bond acceptors (Lipinski definition) is 2. The molecule has 0 aliphatic heterocycles. The summed E-state index contributed by atoms with van der Waals surface area (Å²) in [7, 11) is 0. The van der Waals surface area contributed by atoms with Crippen LogP contribution in [-0.4, -0.2) is 11.6 Å². The largest absolute Gasteiger partial charge is 0.456 e. The molecule has 0 N–H and O–H groups in total. The molecule has 0 aliphatic rings. The minimum absolute atomic E-state index is 0.291. The van der Waals surface area contributed by atoms with Crippen molar-refractivity contribution < 1.29 is 9.53 Å². The molecule has 0 radical (unpaired) electrons. The van der Waals surface area contributed by atoms with Gasteiger partial charge in [0, 0.05) is 5.57 Å². The van der Waals surface area contributed by atoms with E-state index in [1.54, 1.807) is 6.92 Å². The van der Waals surface area contributed by atoms with Gasteiger partial charge in [-0.25, -0.2) is 4.79 Å². The van der Waals surface area contributed by atoms with E-state index >= 15 is 0 Å². The van der Waals surface area contributed by atoms with Gasteiger partial charge in [-0.2, -0.15) is 0 Å². The summed E-state index contributed by atoms with van der Waals surface area (Å²) in [5.41, 5.74) is 0.138. The molecule has 0 amide bonds. The van der Waals surface area contributed by atoms with Crippen LogP contribution in [0.15, 0.2) is 12.2 Å². The summed E-state index contributed by atoms with van der Waals surface area (Å²) in [6.07, 6.45) is 1.67. The minimum Gasteiger partial charge on any atom is -0.456 e. The van der Waals surface area contributed by atoms with Crippen LogP contribution in [0.1, 0.15) is 40.5 Å². The second kappa shape index (κ2) is 4.29. The second-order valence-electron chi connectivity index (χ2n) is 3.33. The normalized spacial score (nSPS) is 11.0. The van der Waals surface area contributed by atoms with Gasteiger partial charge in [0.05, 0.1) is 0 Å². The fraction of sp³-hybridized carbons (Fsp3) is 0.700. The van der Waals surface area contributed by atoms with E-state index in [1.165, 1.54) is 0 Å². The van der Waals surface area contributed by atoms with Gasteiger partial charge in [-0.15, -0.1) is 0 Å². The van der Waals surface area contributed by atoms with E-state index in [0.717, 1.165) is 12.8 Å². The van der Waals surface area contributed by atoms with Crippen LogP contribution in [0.25, 0.3) is 0 Å². The van der Waals surface area contributed by atoms with Gasteiger partial charge in [0.15, 0.2) is 0 Å². The number of rotatable bonds is 4. The standard InChI is InChI=1S/C10H18O2/c1-6-10(5,7-2)12-9(11)8(3)4/h3,6-7H2,1-2,4-5H3. The van der Waals surface area contributed by atoms with Crippen LogP contribution in [0.4, 0.5) is 0 Å². The summed E-state index contributed by atoms with van der Waals surface area (Å²) >= 11 is 0. The quantitative estimate of drug-likeness (QED) is 0.479. The molecular formula is C10H18O2. The van der Waals surface area contributed by atoms with Crippen LogP contribution in [0, 0.1) is 0 Å². The first-order valence-electron chi connectivity index (χ1n) is 4.34. The number of hydrogen-bond donors (Lipinski definition) is 0. The van der Waals surface area contributed by atoms with Crippen molar-refractivity contribution in [3.8, 4) is 0 Å². The zero-order valence-electron chi connectivity index (χ0n) is 8.44. The maximum atomic E-state index is 11.2. The Kier molecular flexibility index (Phi) is 4.01. The first kappa shape index (κ1) is 11.2. The zero-order chi connectivity index (χ0) is 9.78. The van der Waals surface area contributed by atoms with Crippen LogP contribution < -0.4 is 0 Å². The third kappa shape index (κ3) is 3.07. The van der Waals surface area contributed by atoms with Gasteiger partial charge in [-0.3, -0.25) is 0 Å².